The van der Waals surface area contributed by atoms with Gasteiger partial charge in [-0.25, -0.2) is 4.98 Å². The van der Waals surface area contributed by atoms with Crippen molar-refractivity contribution in [2.75, 3.05) is 24.3 Å². The highest BCUT2D eigenvalue weighted by Gasteiger charge is 2.51. The van der Waals surface area contributed by atoms with E-state index in [1.165, 1.54) is 49.5 Å². The molecule has 4 aromatic rings. The second-order valence-electron chi connectivity index (χ2n) is 12.1. The van der Waals surface area contributed by atoms with Crippen molar-refractivity contribution in [1.29, 1.82) is 0 Å². The molecule has 2 aromatic carbocycles. The van der Waals surface area contributed by atoms with Crippen LogP contribution in [0.5, 0.6) is 5.75 Å². The number of ether oxygens (including phenoxy) is 1. The fraction of sp³-hybridized carbons (Fsp3) is 0.438. The van der Waals surface area contributed by atoms with Crippen LogP contribution in [-0.4, -0.2) is 29.5 Å². The van der Waals surface area contributed by atoms with Gasteiger partial charge in [-0.15, -0.1) is 0 Å². The van der Waals surface area contributed by atoms with E-state index in [9.17, 15) is 4.79 Å². The summed E-state index contributed by atoms with van der Waals surface area (Å²) in [5.74, 6) is 4.35. The summed E-state index contributed by atoms with van der Waals surface area (Å²) in [5, 5.41) is 8.97. The summed E-state index contributed by atoms with van der Waals surface area (Å²) in [6, 6.07) is 16.2. The van der Waals surface area contributed by atoms with E-state index < -0.39 is 0 Å². The number of methoxy groups -OCH3 is 1. The number of anilines is 2. The van der Waals surface area contributed by atoms with Gasteiger partial charge in [-0.05, 0) is 97.9 Å². The third kappa shape index (κ3) is 4.40. The largest absolute Gasteiger partial charge is 0.497 e. The lowest BCUT2D eigenvalue weighted by Gasteiger charge is -2.56. The number of carbonyl (C=O) groups excluding carboxylic acids is 1. The molecule has 0 saturated heterocycles. The number of para-hydroxylation sites is 1. The minimum atomic E-state index is 0.155. The van der Waals surface area contributed by atoms with Crippen molar-refractivity contribution in [3.63, 3.8) is 0 Å². The van der Waals surface area contributed by atoms with Crippen LogP contribution in [0.3, 0.4) is 0 Å². The number of hydrogen-bond donors (Lipinski definition) is 3. The average Bonchev–Trinajstić information content (AvgIpc) is 3.29. The molecule has 196 valence electrons. The normalized spacial score (nSPS) is 25.7. The molecule has 4 saturated carbocycles. The molecule has 2 aromatic heterocycles. The number of rotatable bonds is 8. The number of nitrogens with one attached hydrogen (secondary N) is 3. The number of nitrogens with zero attached hydrogens (tertiary/aromatic N) is 1. The zero-order valence-corrected chi connectivity index (χ0v) is 22.1. The van der Waals surface area contributed by atoms with Gasteiger partial charge in [0.2, 0.25) is 5.91 Å². The first-order chi connectivity index (χ1) is 18.6. The van der Waals surface area contributed by atoms with Crippen molar-refractivity contribution in [2.45, 2.75) is 51.4 Å². The Hall–Kier alpha value is -3.54. The molecular formula is C32H36N4O2. The maximum absolute atomic E-state index is 13.4. The van der Waals surface area contributed by atoms with Gasteiger partial charge in [0.1, 0.15) is 11.6 Å². The van der Waals surface area contributed by atoms with E-state index in [0.29, 0.717) is 6.42 Å². The van der Waals surface area contributed by atoms with Crippen LogP contribution in [0.25, 0.3) is 21.8 Å². The molecule has 4 bridgehead atoms. The Morgan fingerprint density at radius 1 is 1.03 bits per heavy atom. The number of aromatic nitrogens is 2. The van der Waals surface area contributed by atoms with Crippen LogP contribution < -0.4 is 15.4 Å². The minimum Gasteiger partial charge on any atom is -0.497 e. The molecule has 6 nitrogen and oxygen atoms in total. The maximum atomic E-state index is 13.4. The number of fused-ring (bicyclic) bond motifs is 2. The SMILES string of the molecule is COc1ccc2[nH]cc(CCNc3cc(NC(=O)CC45CC6CC(CC(C6)C4)C5)c4ccccc4n3)c2c1. The number of H-pyrrole nitrogens is 1. The summed E-state index contributed by atoms with van der Waals surface area (Å²) in [6.45, 7) is 0.732. The van der Waals surface area contributed by atoms with Crippen LogP contribution in [-0.2, 0) is 11.2 Å². The molecule has 38 heavy (non-hydrogen) atoms. The summed E-state index contributed by atoms with van der Waals surface area (Å²) in [5.41, 5.74) is 4.30. The third-order valence-electron chi connectivity index (χ3n) is 9.37. The average molecular weight is 509 g/mol. The molecule has 0 spiro atoms. The molecule has 8 rings (SSSR count). The highest BCUT2D eigenvalue weighted by molar-refractivity contribution is 6.02. The van der Waals surface area contributed by atoms with Gasteiger partial charge in [-0.2, -0.15) is 0 Å². The second kappa shape index (κ2) is 9.33. The number of amides is 1. The Kier molecular flexibility index (Phi) is 5.79. The van der Waals surface area contributed by atoms with Gasteiger partial charge in [0, 0.05) is 41.5 Å². The molecule has 4 fully saturated rings. The second-order valence-corrected chi connectivity index (χ2v) is 12.1. The van der Waals surface area contributed by atoms with Crippen molar-refractivity contribution in [2.24, 2.45) is 23.2 Å². The Labute approximate surface area is 223 Å². The monoisotopic (exact) mass is 508 g/mol. The van der Waals surface area contributed by atoms with E-state index in [1.54, 1.807) is 7.11 Å². The van der Waals surface area contributed by atoms with E-state index in [-0.39, 0.29) is 11.3 Å². The predicted molar refractivity (Wildman–Crippen MR) is 153 cm³/mol. The standard InChI is InChI=1S/C32H36N4O2/c1-38-24-6-7-27-26(13-24)23(19-34-27)8-9-33-30-14-29(25-4-2-3-5-28(25)35-30)36-31(37)18-32-15-20-10-21(16-32)12-22(11-20)17-32/h2-7,13-14,19-22,34H,8-12,15-18H2,1H3,(H2,33,35,36,37). The van der Waals surface area contributed by atoms with E-state index in [0.717, 1.165) is 64.4 Å². The maximum Gasteiger partial charge on any atom is 0.224 e. The Morgan fingerprint density at radius 2 is 1.79 bits per heavy atom. The predicted octanol–water partition coefficient (Wildman–Crippen LogP) is 6.92. The molecular weight excluding hydrogens is 472 g/mol. The zero-order valence-electron chi connectivity index (χ0n) is 22.1. The minimum absolute atomic E-state index is 0.155. The topological polar surface area (TPSA) is 79.0 Å². The fourth-order valence-electron chi connectivity index (χ4n) is 8.23. The van der Waals surface area contributed by atoms with Gasteiger partial charge in [0.15, 0.2) is 0 Å². The number of pyridine rings is 1. The van der Waals surface area contributed by atoms with Gasteiger partial charge >= 0.3 is 0 Å². The van der Waals surface area contributed by atoms with Crippen molar-refractivity contribution in [1.82, 2.24) is 9.97 Å². The molecule has 4 aliphatic carbocycles. The molecule has 0 unspecified atom stereocenters. The molecule has 0 atom stereocenters. The van der Waals surface area contributed by atoms with Gasteiger partial charge in [0.05, 0.1) is 18.3 Å². The Balaban J connectivity index is 1.07. The lowest BCUT2D eigenvalue weighted by molar-refractivity contribution is -0.124. The summed E-state index contributed by atoms with van der Waals surface area (Å²) < 4.78 is 5.41. The zero-order chi connectivity index (χ0) is 25.7. The van der Waals surface area contributed by atoms with E-state index in [2.05, 4.69) is 27.9 Å². The molecule has 6 heteroatoms. The van der Waals surface area contributed by atoms with Crippen LogP contribution in [0.2, 0.25) is 0 Å². The Morgan fingerprint density at radius 3 is 2.55 bits per heavy atom. The third-order valence-corrected chi connectivity index (χ3v) is 9.37. The molecule has 1 amide bonds. The molecule has 0 radical (unpaired) electrons. The van der Waals surface area contributed by atoms with Gasteiger partial charge in [-0.1, -0.05) is 18.2 Å². The number of hydrogen-bond acceptors (Lipinski definition) is 4. The highest BCUT2D eigenvalue weighted by atomic mass is 16.5. The van der Waals surface area contributed by atoms with Crippen LogP contribution in [0.15, 0.2) is 54.7 Å². The summed E-state index contributed by atoms with van der Waals surface area (Å²) in [7, 11) is 1.69. The van der Waals surface area contributed by atoms with Gasteiger partial charge in [-0.3, -0.25) is 4.79 Å². The first-order valence-electron chi connectivity index (χ1n) is 14.1. The lowest BCUT2D eigenvalue weighted by atomic mass is 9.49. The van der Waals surface area contributed by atoms with Crippen LogP contribution in [0.4, 0.5) is 11.5 Å². The number of aromatic amines is 1. The fourth-order valence-corrected chi connectivity index (χ4v) is 8.23. The van der Waals surface area contributed by atoms with Crippen LogP contribution in [0, 0.1) is 23.2 Å². The Bertz CT molecular complexity index is 1470. The summed E-state index contributed by atoms with van der Waals surface area (Å²) >= 11 is 0. The van der Waals surface area contributed by atoms with Gasteiger partial charge < -0.3 is 20.4 Å². The number of benzene rings is 2. The molecule has 2 heterocycles. The molecule has 0 aliphatic heterocycles. The summed E-state index contributed by atoms with van der Waals surface area (Å²) in [4.78, 5) is 21.6. The van der Waals surface area contributed by atoms with E-state index >= 15 is 0 Å². The first-order valence-corrected chi connectivity index (χ1v) is 14.1. The van der Waals surface area contributed by atoms with Crippen LogP contribution in [0.1, 0.15) is 50.5 Å². The van der Waals surface area contributed by atoms with Crippen molar-refractivity contribution in [3.05, 3.63) is 60.3 Å². The quantitative estimate of drug-likeness (QED) is 0.241. The van der Waals surface area contributed by atoms with Crippen molar-refractivity contribution in [3.8, 4) is 5.75 Å². The van der Waals surface area contributed by atoms with E-state index in [1.807, 2.05) is 42.5 Å². The molecule has 4 aliphatic rings. The van der Waals surface area contributed by atoms with E-state index in [4.69, 9.17) is 9.72 Å². The van der Waals surface area contributed by atoms with Crippen molar-refractivity contribution >= 4 is 39.2 Å². The smallest absolute Gasteiger partial charge is 0.224 e. The molecule has 3 N–H and O–H groups in total. The first kappa shape index (κ1) is 23.6. The van der Waals surface area contributed by atoms with Crippen LogP contribution >= 0.6 is 0 Å². The highest BCUT2D eigenvalue weighted by Crippen LogP contribution is 2.61. The number of carbonyl (C=O) groups is 1. The summed E-state index contributed by atoms with van der Waals surface area (Å²) in [6.07, 6.45) is 11.5. The lowest BCUT2D eigenvalue weighted by Crippen LogP contribution is -2.47. The van der Waals surface area contributed by atoms with Gasteiger partial charge in [0.25, 0.3) is 0 Å². The van der Waals surface area contributed by atoms with Crippen molar-refractivity contribution < 1.29 is 9.53 Å².